The van der Waals surface area contributed by atoms with Crippen molar-refractivity contribution in [3.8, 4) is 6.07 Å². The molecule has 0 fully saturated rings. The topological polar surface area (TPSA) is 95.7 Å². The van der Waals surface area contributed by atoms with Crippen LogP contribution < -0.4 is 5.56 Å². The Balaban J connectivity index is 2.65. The van der Waals surface area contributed by atoms with E-state index in [0.29, 0.717) is 11.1 Å². The second-order valence-corrected chi connectivity index (χ2v) is 3.90. The molecule has 0 atom stereocenters. The summed E-state index contributed by atoms with van der Waals surface area (Å²) < 4.78 is 6.55. The van der Waals surface area contributed by atoms with Gasteiger partial charge in [-0.2, -0.15) is 5.26 Å². The van der Waals surface area contributed by atoms with Crippen LogP contribution >= 0.6 is 0 Å². The van der Waals surface area contributed by atoms with Crippen molar-refractivity contribution < 1.29 is 14.3 Å². The first-order valence-corrected chi connectivity index (χ1v) is 5.34. The number of pyridine rings is 1. The van der Waals surface area contributed by atoms with Crippen LogP contribution in [0.2, 0.25) is 0 Å². The van der Waals surface area contributed by atoms with Gasteiger partial charge in [-0.05, 0) is 18.2 Å². The summed E-state index contributed by atoms with van der Waals surface area (Å²) in [4.78, 5) is 23.2. The van der Waals surface area contributed by atoms with Gasteiger partial charge in [0.05, 0.1) is 5.52 Å². The van der Waals surface area contributed by atoms with Crippen molar-refractivity contribution in [3.05, 3.63) is 51.8 Å². The highest BCUT2D eigenvalue weighted by atomic mass is 16.4. The maximum atomic E-state index is 12.1. The lowest BCUT2D eigenvalue weighted by Gasteiger charge is -1.98. The van der Waals surface area contributed by atoms with E-state index in [2.05, 4.69) is 0 Å². The van der Waals surface area contributed by atoms with Gasteiger partial charge in [-0.1, -0.05) is 12.1 Å². The van der Waals surface area contributed by atoms with E-state index in [9.17, 15) is 9.59 Å². The summed E-state index contributed by atoms with van der Waals surface area (Å²) in [6.07, 6.45) is 0. The molecule has 1 N–H and O–H groups in total. The molecule has 2 heterocycles. The van der Waals surface area contributed by atoms with Gasteiger partial charge in [0, 0.05) is 0 Å². The molecule has 0 saturated carbocycles. The summed E-state index contributed by atoms with van der Waals surface area (Å²) in [6, 6.07) is 9.55. The van der Waals surface area contributed by atoms with Gasteiger partial charge in [0.25, 0.3) is 5.56 Å². The van der Waals surface area contributed by atoms with E-state index in [1.165, 1.54) is 0 Å². The Labute approximate surface area is 105 Å². The van der Waals surface area contributed by atoms with Gasteiger partial charge in [-0.25, -0.2) is 9.20 Å². The molecular formula is C13H6N2O4. The van der Waals surface area contributed by atoms with E-state index in [4.69, 9.17) is 14.8 Å². The van der Waals surface area contributed by atoms with E-state index in [1.54, 1.807) is 24.3 Å². The highest BCUT2D eigenvalue weighted by Gasteiger charge is 2.19. The van der Waals surface area contributed by atoms with Crippen LogP contribution in [0.1, 0.15) is 15.9 Å². The molecule has 0 bridgehead atoms. The first-order valence-electron chi connectivity index (χ1n) is 5.34. The van der Waals surface area contributed by atoms with E-state index in [1.807, 2.05) is 6.07 Å². The Morgan fingerprint density at radius 2 is 2.11 bits per heavy atom. The van der Waals surface area contributed by atoms with Crippen molar-refractivity contribution in [3.63, 3.8) is 0 Å². The number of aromatic nitrogens is 1. The van der Waals surface area contributed by atoms with Crippen molar-refractivity contribution >= 4 is 22.8 Å². The predicted molar refractivity (Wildman–Crippen MR) is 65.1 cm³/mol. The monoisotopic (exact) mass is 254 g/mol. The van der Waals surface area contributed by atoms with Crippen LogP contribution in [-0.2, 0) is 0 Å². The summed E-state index contributed by atoms with van der Waals surface area (Å²) >= 11 is 0. The second kappa shape index (κ2) is 3.71. The maximum absolute atomic E-state index is 12.1. The summed E-state index contributed by atoms with van der Waals surface area (Å²) in [5.41, 5.74) is -0.264. The number of fused-ring (bicyclic) bond motifs is 3. The SMILES string of the molecule is N#Cc1cc(C(=O)O)c(=O)n2c1oc1ccccc12. The number of nitriles is 1. The van der Waals surface area contributed by atoms with Gasteiger partial charge in [0.1, 0.15) is 17.2 Å². The van der Waals surface area contributed by atoms with E-state index in [-0.39, 0.29) is 11.3 Å². The molecule has 0 amide bonds. The molecule has 0 aliphatic heterocycles. The summed E-state index contributed by atoms with van der Waals surface area (Å²) in [6.45, 7) is 0. The molecule has 92 valence electrons. The minimum Gasteiger partial charge on any atom is -0.477 e. The predicted octanol–water partition coefficient (Wildman–Crippen LogP) is 1.62. The molecule has 0 aliphatic carbocycles. The lowest BCUT2D eigenvalue weighted by atomic mass is 10.2. The number of hydrogen-bond acceptors (Lipinski definition) is 4. The van der Waals surface area contributed by atoms with E-state index < -0.39 is 17.1 Å². The number of carbonyl (C=O) groups is 1. The number of oxazole rings is 1. The number of carboxylic acids is 1. The lowest BCUT2D eigenvalue weighted by Crippen LogP contribution is -2.21. The molecule has 3 rings (SSSR count). The van der Waals surface area contributed by atoms with Crippen molar-refractivity contribution in [2.75, 3.05) is 0 Å². The minimum absolute atomic E-state index is 0.00759. The normalized spacial score (nSPS) is 10.7. The molecule has 19 heavy (non-hydrogen) atoms. The number of benzene rings is 1. The van der Waals surface area contributed by atoms with Crippen molar-refractivity contribution in [2.24, 2.45) is 0 Å². The van der Waals surface area contributed by atoms with Crippen LogP contribution in [-0.4, -0.2) is 15.5 Å². The van der Waals surface area contributed by atoms with Gasteiger partial charge in [-0.15, -0.1) is 0 Å². The standard InChI is InChI=1S/C13H6N2O4/c14-6-7-5-8(13(17)18)11(16)15-9-3-1-2-4-10(9)19-12(7)15/h1-5H,(H,17,18). The van der Waals surface area contributed by atoms with E-state index >= 15 is 0 Å². The number of carboxylic acid groups (broad SMARTS) is 1. The summed E-state index contributed by atoms with van der Waals surface area (Å²) in [5.74, 6) is -1.37. The third-order valence-electron chi connectivity index (χ3n) is 2.82. The Morgan fingerprint density at radius 1 is 1.37 bits per heavy atom. The van der Waals surface area contributed by atoms with Gasteiger partial charge in [-0.3, -0.25) is 4.79 Å². The molecule has 2 aromatic heterocycles. The Morgan fingerprint density at radius 3 is 2.79 bits per heavy atom. The Kier molecular flexibility index (Phi) is 2.16. The van der Waals surface area contributed by atoms with Crippen molar-refractivity contribution in [1.82, 2.24) is 4.40 Å². The molecule has 6 nitrogen and oxygen atoms in total. The third-order valence-corrected chi connectivity index (χ3v) is 2.82. The molecule has 0 unspecified atom stereocenters. The van der Waals surface area contributed by atoms with Crippen LogP contribution in [0.15, 0.2) is 39.5 Å². The largest absolute Gasteiger partial charge is 0.477 e. The number of para-hydroxylation sites is 2. The Hall–Kier alpha value is -3.07. The van der Waals surface area contributed by atoms with Crippen LogP contribution in [0.3, 0.4) is 0 Å². The fourth-order valence-electron chi connectivity index (χ4n) is 1.99. The summed E-state index contributed by atoms with van der Waals surface area (Å²) in [7, 11) is 0. The van der Waals surface area contributed by atoms with Gasteiger partial charge in [0.2, 0.25) is 5.71 Å². The zero-order valence-electron chi connectivity index (χ0n) is 9.45. The summed E-state index contributed by atoms with van der Waals surface area (Å²) in [5, 5.41) is 18.0. The van der Waals surface area contributed by atoms with E-state index in [0.717, 1.165) is 10.5 Å². The maximum Gasteiger partial charge on any atom is 0.341 e. The highest BCUT2D eigenvalue weighted by Crippen LogP contribution is 2.21. The highest BCUT2D eigenvalue weighted by molar-refractivity contribution is 5.89. The second-order valence-electron chi connectivity index (χ2n) is 3.90. The first kappa shape index (κ1) is 11.0. The fraction of sp³-hybridized carbons (Fsp3) is 0. The number of hydrogen-bond donors (Lipinski definition) is 1. The third kappa shape index (κ3) is 1.42. The molecule has 0 aliphatic rings. The number of rotatable bonds is 1. The molecule has 3 aromatic rings. The number of nitrogens with zero attached hydrogens (tertiary/aromatic N) is 2. The molecule has 0 spiro atoms. The molecule has 6 heteroatoms. The Bertz CT molecular complexity index is 927. The van der Waals surface area contributed by atoms with Crippen LogP contribution in [0.5, 0.6) is 0 Å². The molecule has 0 saturated heterocycles. The van der Waals surface area contributed by atoms with Gasteiger partial charge < -0.3 is 9.52 Å². The van der Waals surface area contributed by atoms with Gasteiger partial charge in [0.15, 0.2) is 5.58 Å². The lowest BCUT2D eigenvalue weighted by molar-refractivity contribution is 0.0695. The molecule has 0 radical (unpaired) electrons. The average molecular weight is 254 g/mol. The van der Waals surface area contributed by atoms with Crippen molar-refractivity contribution in [1.29, 1.82) is 5.26 Å². The molecule has 1 aromatic carbocycles. The average Bonchev–Trinajstić information content (AvgIpc) is 2.78. The number of aromatic carboxylic acids is 1. The molecular weight excluding hydrogens is 248 g/mol. The van der Waals surface area contributed by atoms with Crippen molar-refractivity contribution in [2.45, 2.75) is 0 Å². The quantitative estimate of drug-likeness (QED) is 0.711. The van der Waals surface area contributed by atoms with Crippen LogP contribution in [0.25, 0.3) is 16.8 Å². The van der Waals surface area contributed by atoms with Crippen LogP contribution in [0, 0.1) is 11.3 Å². The van der Waals surface area contributed by atoms with Crippen LogP contribution in [0.4, 0.5) is 0 Å². The fourth-order valence-corrected chi connectivity index (χ4v) is 1.99. The zero-order chi connectivity index (χ0) is 13.6. The smallest absolute Gasteiger partial charge is 0.341 e. The minimum atomic E-state index is -1.37. The van der Waals surface area contributed by atoms with Gasteiger partial charge >= 0.3 is 5.97 Å². The zero-order valence-corrected chi connectivity index (χ0v) is 9.45. The first-order chi connectivity index (χ1) is 9.13.